The normalized spacial score (nSPS) is 18.5. The van der Waals surface area contributed by atoms with E-state index in [1.54, 1.807) is 11.3 Å². The summed E-state index contributed by atoms with van der Waals surface area (Å²) < 4.78 is 5.55. The standard InChI is InChI=1S/C18H23N3O2S/c1-2-16-12-23-9-8-21(16)11-15-13-24-17(20-15)10-19-18(22)14-6-4-3-5-7-14/h3-7,13,16H,2,8-12H2,1H3,(H,19,22). The Morgan fingerprint density at radius 3 is 3.04 bits per heavy atom. The zero-order valence-corrected chi connectivity index (χ0v) is 14.7. The van der Waals surface area contributed by atoms with Crippen LogP contribution in [0.5, 0.6) is 0 Å². The smallest absolute Gasteiger partial charge is 0.251 e. The highest BCUT2D eigenvalue weighted by molar-refractivity contribution is 7.09. The number of hydrogen-bond acceptors (Lipinski definition) is 5. The molecule has 1 aromatic heterocycles. The van der Waals surface area contributed by atoms with Crippen molar-refractivity contribution in [3.05, 3.63) is 52.0 Å². The van der Waals surface area contributed by atoms with Crippen molar-refractivity contribution in [3.63, 3.8) is 0 Å². The second-order valence-corrected chi connectivity index (χ2v) is 6.83. The van der Waals surface area contributed by atoms with Crippen LogP contribution in [0.15, 0.2) is 35.7 Å². The fraction of sp³-hybridized carbons (Fsp3) is 0.444. The average Bonchev–Trinajstić information content (AvgIpc) is 3.08. The molecule has 3 rings (SSSR count). The fourth-order valence-electron chi connectivity index (χ4n) is 2.83. The van der Waals surface area contributed by atoms with E-state index in [1.807, 2.05) is 30.3 Å². The van der Waals surface area contributed by atoms with Gasteiger partial charge in [0, 0.05) is 30.1 Å². The molecule has 0 aliphatic carbocycles. The Morgan fingerprint density at radius 1 is 1.42 bits per heavy atom. The Labute approximate surface area is 146 Å². The van der Waals surface area contributed by atoms with Crippen molar-refractivity contribution >= 4 is 17.2 Å². The first-order valence-electron chi connectivity index (χ1n) is 8.34. The molecule has 5 nitrogen and oxygen atoms in total. The Hall–Kier alpha value is -1.76. The SMILES string of the molecule is CCC1COCCN1Cc1csc(CNC(=O)c2ccccc2)n1. The van der Waals surface area contributed by atoms with Gasteiger partial charge in [0.25, 0.3) is 5.91 Å². The third-order valence-corrected chi connectivity index (χ3v) is 5.12. The van der Waals surface area contributed by atoms with Crippen LogP contribution in [0.25, 0.3) is 0 Å². The number of nitrogens with zero attached hydrogens (tertiary/aromatic N) is 2. The van der Waals surface area contributed by atoms with Gasteiger partial charge >= 0.3 is 0 Å². The third-order valence-electron chi connectivity index (χ3n) is 4.22. The van der Waals surface area contributed by atoms with Crippen LogP contribution in [0.4, 0.5) is 0 Å². The molecule has 2 heterocycles. The van der Waals surface area contributed by atoms with Gasteiger partial charge in [-0.05, 0) is 18.6 Å². The molecule has 1 fully saturated rings. The molecule has 128 valence electrons. The van der Waals surface area contributed by atoms with E-state index in [0.717, 1.165) is 43.4 Å². The van der Waals surface area contributed by atoms with Crippen molar-refractivity contribution in [3.8, 4) is 0 Å². The largest absolute Gasteiger partial charge is 0.378 e. The third kappa shape index (κ3) is 4.41. The monoisotopic (exact) mass is 345 g/mol. The summed E-state index contributed by atoms with van der Waals surface area (Å²) >= 11 is 1.60. The highest BCUT2D eigenvalue weighted by atomic mass is 32.1. The maximum Gasteiger partial charge on any atom is 0.251 e. The molecule has 2 aromatic rings. The van der Waals surface area contributed by atoms with Crippen LogP contribution >= 0.6 is 11.3 Å². The number of ether oxygens (including phenoxy) is 1. The first-order valence-corrected chi connectivity index (χ1v) is 9.22. The second-order valence-electron chi connectivity index (χ2n) is 5.89. The molecule has 1 amide bonds. The topological polar surface area (TPSA) is 54.5 Å². The first kappa shape index (κ1) is 17.1. The minimum absolute atomic E-state index is 0.0634. The van der Waals surface area contributed by atoms with Crippen molar-refractivity contribution in [1.29, 1.82) is 0 Å². The lowest BCUT2D eigenvalue weighted by molar-refractivity contribution is -0.0132. The fourth-order valence-corrected chi connectivity index (χ4v) is 3.56. The van der Waals surface area contributed by atoms with Gasteiger partial charge in [-0.2, -0.15) is 0 Å². The average molecular weight is 345 g/mol. The number of thiazole rings is 1. The molecule has 1 atom stereocenters. The molecule has 0 saturated carbocycles. The maximum absolute atomic E-state index is 12.1. The number of carbonyl (C=O) groups is 1. The van der Waals surface area contributed by atoms with E-state index in [-0.39, 0.29) is 5.91 Å². The van der Waals surface area contributed by atoms with E-state index >= 15 is 0 Å². The molecule has 24 heavy (non-hydrogen) atoms. The van der Waals surface area contributed by atoms with Crippen molar-refractivity contribution in [2.75, 3.05) is 19.8 Å². The Kier molecular flexibility index (Phi) is 5.96. The van der Waals surface area contributed by atoms with Crippen LogP contribution in [0.2, 0.25) is 0 Å². The van der Waals surface area contributed by atoms with Gasteiger partial charge in [0.1, 0.15) is 5.01 Å². The van der Waals surface area contributed by atoms with E-state index in [2.05, 4.69) is 27.5 Å². The molecule has 1 aliphatic rings. The quantitative estimate of drug-likeness (QED) is 0.875. The highest BCUT2D eigenvalue weighted by Crippen LogP contribution is 2.17. The number of amides is 1. The molecule has 1 saturated heterocycles. The van der Waals surface area contributed by atoms with E-state index < -0.39 is 0 Å². The van der Waals surface area contributed by atoms with Crippen LogP contribution in [0.3, 0.4) is 0 Å². The predicted molar refractivity (Wildman–Crippen MR) is 95.0 cm³/mol. The summed E-state index contributed by atoms with van der Waals surface area (Å²) in [5.74, 6) is -0.0634. The molecule has 1 aromatic carbocycles. The summed E-state index contributed by atoms with van der Waals surface area (Å²) in [6.45, 7) is 6.07. The molecule has 1 unspecified atom stereocenters. The van der Waals surface area contributed by atoms with Crippen molar-refractivity contribution in [2.45, 2.75) is 32.5 Å². The van der Waals surface area contributed by atoms with E-state index in [9.17, 15) is 4.79 Å². The minimum Gasteiger partial charge on any atom is -0.378 e. The van der Waals surface area contributed by atoms with Gasteiger partial charge in [-0.3, -0.25) is 9.69 Å². The van der Waals surface area contributed by atoms with Gasteiger partial charge in [0.15, 0.2) is 0 Å². The van der Waals surface area contributed by atoms with Crippen molar-refractivity contribution in [1.82, 2.24) is 15.2 Å². The number of carbonyl (C=O) groups excluding carboxylic acids is 1. The summed E-state index contributed by atoms with van der Waals surface area (Å²) in [7, 11) is 0. The number of rotatable bonds is 6. The maximum atomic E-state index is 12.1. The molecule has 0 radical (unpaired) electrons. The van der Waals surface area contributed by atoms with Crippen LogP contribution < -0.4 is 5.32 Å². The van der Waals surface area contributed by atoms with Gasteiger partial charge < -0.3 is 10.1 Å². The number of aromatic nitrogens is 1. The molecular weight excluding hydrogens is 322 g/mol. The number of benzene rings is 1. The summed E-state index contributed by atoms with van der Waals surface area (Å²) in [6.07, 6.45) is 1.09. The summed E-state index contributed by atoms with van der Waals surface area (Å²) in [5, 5.41) is 5.96. The lowest BCUT2D eigenvalue weighted by Gasteiger charge is -2.34. The van der Waals surface area contributed by atoms with Crippen LogP contribution in [-0.2, 0) is 17.8 Å². The van der Waals surface area contributed by atoms with Crippen molar-refractivity contribution in [2.24, 2.45) is 0 Å². The summed E-state index contributed by atoms with van der Waals surface area (Å²) in [5.41, 5.74) is 1.75. The number of nitrogens with one attached hydrogen (secondary N) is 1. The van der Waals surface area contributed by atoms with Crippen molar-refractivity contribution < 1.29 is 9.53 Å². The predicted octanol–water partition coefficient (Wildman–Crippen LogP) is 2.68. The van der Waals surface area contributed by atoms with E-state index in [1.165, 1.54) is 0 Å². The summed E-state index contributed by atoms with van der Waals surface area (Å²) in [6, 6.07) is 9.73. The van der Waals surface area contributed by atoms with E-state index in [0.29, 0.717) is 18.2 Å². The Balaban J connectivity index is 1.53. The zero-order valence-electron chi connectivity index (χ0n) is 13.9. The zero-order chi connectivity index (χ0) is 16.8. The lowest BCUT2D eigenvalue weighted by Crippen LogP contribution is -2.44. The van der Waals surface area contributed by atoms with E-state index in [4.69, 9.17) is 4.74 Å². The van der Waals surface area contributed by atoms with Gasteiger partial charge in [0.05, 0.1) is 25.5 Å². The number of morpholine rings is 1. The Morgan fingerprint density at radius 2 is 2.25 bits per heavy atom. The molecule has 1 N–H and O–H groups in total. The molecule has 1 aliphatic heterocycles. The minimum atomic E-state index is -0.0634. The molecule has 0 bridgehead atoms. The molecular formula is C18H23N3O2S. The summed E-state index contributed by atoms with van der Waals surface area (Å²) in [4.78, 5) is 19.2. The van der Waals surface area contributed by atoms with Crippen LogP contribution in [0, 0.1) is 0 Å². The van der Waals surface area contributed by atoms with Gasteiger partial charge in [-0.25, -0.2) is 4.98 Å². The lowest BCUT2D eigenvalue weighted by atomic mass is 10.1. The first-order chi connectivity index (χ1) is 11.8. The van der Waals surface area contributed by atoms with Gasteiger partial charge in [-0.1, -0.05) is 25.1 Å². The van der Waals surface area contributed by atoms with Crippen LogP contribution in [-0.4, -0.2) is 41.6 Å². The molecule has 6 heteroatoms. The Bertz CT molecular complexity index is 659. The molecule has 0 spiro atoms. The second kappa shape index (κ2) is 8.37. The van der Waals surface area contributed by atoms with Gasteiger partial charge in [0.2, 0.25) is 0 Å². The van der Waals surface area contributed by atoms with Gasteiger partial charge in [-0.15, -0.1) is 11.3 Å². The number of hydrogen-bond donors (Lipinski definition) is 1. The highest BCUT2D eigenvalue weighted by Gasteiger charge is 2.22. The van der Waals surface area contributed by atoms with Crippen LogP contribution in [0.1, 0.15) is 34.4 Å².